The van der Waals surface area contributed by atoms with Crippen LogP contribution >= 0.6 is 45.3 Å². The summed E-state index contributed by atoms with van der Waals surface area (Å²) in [6.45, 7) is 9.28. The lowest BCUT2D eigenvalue weighted by Crippen LogP contribution is -2.27. The topological polar surface area (TPSA) is 34.1 Å². The molecule has 5 aromatic rings. The molecule has 0 aliphatic heterocycles. The van der Waals surface area contributed by atoms with Crippen molar-refractivity contribution in [2.45, 2.75) is 218 Å². The Hall–Kier alpha value is -2.12. The Morgan fingerprint density at radius 2 is 0.700 bits per heavy atom. The summed E-state index contributed by atoms with van der Waals surface area (Å²) in [5, 5.41) is 0. The zero-order chi connectivity index (χ0) is 42.0. The van der Waals surface area contributed by atoms with Crippen LogP contribution in [-0.4, -0.2) is 12.6 Å². The van der Waals surface area contributed by atoms with Gasteiger partial charge < -0.3 is 0 Å². The highest BCUT2D eigenvalue weighted by molar-refractivity contribution is 7.31. The Bertz CT molecular complexity index is 1970. The van der Waals surface area contributed by atoms with Gasteiger partial charge in [-0.25, -0.2) is 0 Å². The SMILES string of the molecule is CCCCCCCCC1(CCCCCCCC)c2cc3c(cc2-c2sc4cc(C=O)sc4c21)C(CCCCCCCC)(CCCCCCCC)c1c-3sc2cc(C=O)sc12. The Morgan fingerprint density at radius 3 is 1.00 bits per heavy atom. The van der Waals surface area contributed by atoms with Crippen LogP contribution in [0.4, 0.5) is 0 Å². The van der Waals surface area contributed by atoms with Crippen molar-refractivity contribution in [3.8, 4) is 20.9 Å². The van der Waals surface area contributed by atoms with Crippen LogP contribution in [0.3, 0.4) is 0 Å². The van der Waals surface area contributed by atoms with Crippen LogP contribution in [0.5, 0.6) is 0 Å². The molecule has 0 bridgehead atoms. The van der Waals surface area contributed by atoms with Gasteiger partial charge in [0.1, 0.15) is 0 Å². The first-order valence-electron chi connectivity index (χ1n) is 24.7. The highest BCUT2D eigenvalue weighted by atomic mass is 32.1. The monoisotopic (exact) mass is 882 g/mol. The molecule has 0 atom stereocenters. The number of unbranched alkanes of at least 4 members (excludes halogenated alkanes) is 20. The molecule has 4 heterocycles. The molecule has 2 nitrogen and oxygen atoms in total. The minimum absolute atomic E-state index is 0.0260. The second kappa shape index (κ2) is 22.0. The molecule has 2 aliphatic carbocycles. The molecule has 2 aliphatic rings. The van der Waals surface area contributed by atoms with Crippen molar-refractivity contribution in [1.29, 1.82) is 0 Å². The summed E-state index contributed by atoms with van der Waals surface area (Å²) in [7, 11) is 0. The van der Waals surface area contributed by atoms with Crippen molar-refractivity contribution in [2.75, 3.05) is 0 Å². The number of rotatable bonds is 30. The maximum Gasteiger partial charge on any atom is 0.160 e. The largest absolute Gasteiger partial charge is 0.297 e. The van der Waals surface area contributed by atoms with Gasteiger partial charge in [-0.2, -0.15) is 0 Å². The molecule has 0 saturated carbocycles. The van der Waals surface area contributed by atoms with Crippen molar-refractivity contribution < 1.29 is 9.59 Å². The van der Waals surface area contributed by atoms with Gasteiger partial charge in [-0.15, -0.1) is 45.3 Å². The Kier molecular flexibility index (Phi) is 16.8. The average Bonchev–Trinajstić information content (AvgIpc) is 4.09. The summed E-state index contributed by atoms with van der Waals surface area (Å²) in [6.07, 6.45) is 38.4. The lowest BCUT2D eigenvalue weighted by Gasteiger charge is -2.35. The second-order valence-electron chi connectivity index (χ2n) is 18.7. The number of carbonyl (C=O) groups is 2. The fourth-order valence-corrected chi connectivity index (χ4v) is 16.7. The van der Waals surface area contributed by atoms with Gasteiger partial charge in [0.05, 0.1) is 19.2 Å². The smallest absolute Gasteiger partial charge is 0.160 e. The summed E-state index contributed by atoms with van der Waals surface area (Å²) >= 11 is 7.49. The Balaban J connectivity index is 1.38. The molecule has 0 fully saturated rings. The van der Waals surface area contributed by atoms with Crippen molar-refractivity contribution in [3.63, 3.8) is 0 Å². The molecular formula is C54H74O2S4. The second-order valence-corrected chi connectivity index (χ2v) is 23.0. The first kappa shape index (κ1) is 45.9. The van der Waals surface area contributed by atoms with Crippen LogP contribution in [-0.2, 0) is 10.8 Å². The molecule has 1 aromatic carbocycles. The summed E-state index contributed by atoms with van der Waals surface area (Å²) < 4.78 is 5.43. The number of thiophene rings is 4. The molecule has 0 saturated heterocycles. The zero-order valence-electron chi connectivity index (χ0n) is 37.7. The molecule has 0 radical (unpaired) electrons. The summed E-state index contributed by atoms with van der Waals surface area (Å²) in [6, 6.07) is 9.91. The van der Waals surface area contributed by atoms with Gasteiger partial charge >= 0.3 is 0 Å². The van der Waals surface area contributed by atoms with Crippen molar-refractivity contribution in [2.24, 2.45) is 0 Å². The van der Waals surface area contributed by atoms with Crippen molar-refractivity contribution >= 4 is 76.7 Å². The van der Waals surface area contributed by atoms with E-state index in [1.807, 2.05) is 22.7 Å². The first-order valence-corrected chi connectivity index (χ1v) is 28.0. The van der Waals surface area contributed by atoms with E-state index in [1.54, 1.807) is 44.9 Å². The number of aldehydes is 2. The van der Waals surface area contributed by atoms with Gasteiger partial charge in [0.15, 0.2) is 12.6 Å². The summed E-state index contributed by atoms with van der Waals surface area (Å²) in [5.74, 6) is 0. The minimum Gasteiger partial charge on any atom is -0.297 e. The highest BCUT2D eigenvalue weighted by Crippen LogP contribution is 2.66. The molecule has 0 spiro atoms. The predicted octanol–water partition coefficient (Wildman–Crippen LogP) is 19.4. The highest BCUT2D eigenvalue weighted by Gasteiger charge is 2.51. The van der Waals surface area contributed by atoms with E-state index in [0.717, 1.165) is 22.3 Å². The van der Waals surface area contributed by atoms with Gasteiger partial charge in [-0.3, -0.25) is 9.59 Å². The average molecular weight is 883 g/mol. The minimum atomic E-state index is -0.0260. The van der Waals surface area contributed by atoms with E-state index >= 15 is 0 Å². The summed E-state index contributed by atoms with van der Waals surface area (Å²) in [4.78, 5) is 29.3. The van der Waals surface area contributed by atoms with E-state index < -0.39 is 0 Å². The van der Waals surface area contributed by atoms with Crippen LogP contribution in [0.2, 0.25) is 0 Å². The van der Waals surface area contributed by atoms with E-state index in [-0.39, 0.29) is 10.8 Å². The first-order chi connectivity index (χ1) is 29.5. The van der Waals surface area contributed by atoms with Crippen LogP contribution < -0.4 is 0 Å². The Morgan fingerprint density at radius 1 is 0.400 bits per heavy atom. The van der Waals surface area contributed by atoms with Gasteiger partial charge in [0, 0.05) is 30.0 Å². The molecule has 326 valence electrons. The van der Waals surface area contributed by atoms with Gasteiger partial charge in [-0.1, -0.05) is 182 Å². The van der Waals surface area contributed by atoms with Gasteiger partial charge in [-0.05, 0) is 83.3 Å². The third-order valence-electron chi connectivity index (χ3n) is 14.5. The molecule has 60 heavy (non-hydrogen) atoms. The maximum atomic E-state index is 12.3. The third kappa shape index (κ3) is 9.39. The fourth-order valence-electron chi connectivity index (χ4n) is 11.3. The van der Waals surface area contributed by atoms with E-state index in [1.165, 1.54) is 219 Å². The molecule has 6 heteroatoms. The third-order valence-corrected chi connectivity index (χ3v) is 19.2. The van der Waals surface area contributed by atoms with Gasteiger partial charge in [0.2, 0.25) is 0 Å². The quantitative estimate of drug-likeness (QED) is 0.0340. The number of hydrogen-bond acceptors (Lipinski definition) is 6. The van der Waals surface area contributed by atoms with Crippen LogP contribution in [0.25, 0.3) is 39.7 Å². The number of benzene rings is 1. The molecule has 0 N–H and O–H groups in total. The van der Waals surface area contributed by atoms with Crippen molar-refractivity contribution in [1.82, 2.24) is 0 Å². The molecule has 0 amide bonds. The number of carbonyl (C=O) groups excluding carboxylic acids is 2. The van der Waals surface area contributed by atoms with Crippen molar-refractivity contribution in [3.05, 3.63) is 56.3 Å². The normalized spacial score (nSPS) is 14.6. The Labute approximate surface area is 379 Å². The summed E-state index contributed by atoms with van der Waals surface area (Å²) in [5.41, 5.74) is 9.34. The van der Waals surface area contributed by atoms with Crippen LogP contribution in [0.1, 0.15) is 249 Å². The molecule has 7 rings (SSSR count). The molecule has 0 unspecified atom stereocenters. The molecular weight excluding hydrogens is 809 g/mol. The number of hydrogen-bond donors (Lipinski definition) is 0. The number of fused-ring (bicyclic) bond motifs is 10. The van der Waals surface area contributed by atoms with E-state index in [2.05, 4.69) is 52.0 Å². The zero-order valence-corrected chi connectivity index (χ0v) is 41.0. The standard InChI is InChI=1S/C54H74O2S4/c1-5-9-13-17-21-25-29-53(30-26-22-18-14-10-6-2)43-35-42-44(36-41(43)49-47(53)51-45(59-49)33-39(37-55)57-51)54(31-27-23-19-15-11-7-3,32-28-24-20-16-12-8-4)48-50(42)60-46-34-40(38-56)58-52(46)48/h33-38H,5-32H2,1-4H3. The van der Waals surface area contributed by atoms with E-state index in [0.29, 0.717) is 0 Å². The fraction of sp³-hybridized carbons (Fsp3) is 0.630. The lowest BCUT2D eigenvalue weighted by molar-refractivity contribution is 0.111. The van der Waals surface area contributed by atoms with Gasteiger partial charge in [0.25, 0.3) is 0 Å². The van der Waals surface area contributed by atoms with E-state index in [9.17, 15) is 9.59 Å². The predicted molar refractivity (Wildman–Crippen MR) is 268 cm³/mol. The van der Waals surface area contributed by atoms with Crippen LogP contribution in [0.15, 0.2) is 24.3 Å². The maximum absolute atomic E-state index is 12.3. The van der Waals surface area contributed by atoms with E-state index in [4.69, 9.17) is 0 Å². The lowest BCUT2D eigenvalue weighted by atomic mass is 9.68. The molecule has 4 aromatic heterocycles. The van der Waals surface area contributed by atoms with Crippen LogP contribution in [0, 0.1) is 0 Å².